The highest BCUT2D eigenvalue weighted by atomic mass is 19.4. The number of carbonyl (C=O) groups is 1. The molecule has 0 aromatic heterocycles. The van der Waals surface area contributed by atoms with E-state index in [0.717, 1.165) is 12.1 Å². The number of urea groups is 1. The molecule has 1 N–H and O–H groups in total. The predicted molar refractivity (Wildman–Crippen MR) is 107 cm³/mol. The molecule has 0 aliphatic carbocycles. The largest absolute Gasteiger partial charge is 0.497 e. The van der Waals surface area contributed by atoms with E-state index in [4.69, 9.17) is 4.74 Å². The number of amides is 2. The molecular formula is C23H18F4N2O2. The number of nitrogens with zero attached hydrogens (tertiary/aromatic N) is 1. The Morgan fingerprint density at radius 2 is 1.68 bits per heavy atom. The third kappa shape index (κ3) is 3.48. The van der Waals surface area contributed by atoms with Crippen LogP contribution >= 0.6 is 0 Å². The van der Waals surface area contributed by atoms with Gasteiger partial charge in [0.25, 0.3) is 0 Å². The highest BCUT2D eigenvalue weighted by Crippen LogP contribution is 2.50. The van der Waals surface area contributed by atoms with Crippen LogP contribution in [0.3, 0.4) is 0 Å². The van der Waals surface area contributed by atoms with Gasteiger partial charge in [-0.15, -0.1) is 0 Å². The summed E-state index contributed by atoms with van der Waals surface area (Å²) in [7, 11) is 1.51. The Hall–Kier alpha value is -3.55. The molecule has 1 heterocycles. The number of carbonyl (C=O) groups excluding carboxylic acids is 1. The van der Waals surface area contributed by atoms with Crippen LogP contribution in [0.4, 0.5) is 28.0 Å². The van der Waals surface area contributed by atoms with Gasteiger partial charge in [0.15, 0.2) is 5.54 Å². The van der Waals surface area contributed by atoms with E-state index < -0.39 is 23.6 Å². The first-order chi connectivity index (χ1) is 14.8. The van der Waals surface area contributed by atoms with E-state index in [1.807, 2.05) is 0 Å². The molecule has 2 amide bonds. The van der Waals surface area contributed by atoms with E-state index >= 15 is 0 Å². The maximum absolute atomic E-state index is 14.5. The number of hydrogen-bond donors (Lipinski definition) is 1. The van der Waals surface area contributed by atoms with Gasteiger partial charge in [0, 0.05) is 5.56 Å². The summed E-state index contributed by atoms with van der Waals surface area (Å²) in [5.74, 6) is -0.224. The molecule has 8 heteroatoms. The van der Waals surface area contributed by atoms with E-state index in [-0.39, 0.29) is 23.4 Å². The van der Waals surface area contributed by atoms with Gasteiger partial charge < -0.3 is 10.1 Å². The number of methoxy groups -OCH3 is 1. The molecule has 0 saturated heterocycles. The lowest BCUT2D eigenvalue weighted by atomic mass is 9.79. The number of alkyl halides is 3. The zero-order valence-electron chi connectivity index (χ0n) is 16.4. The molecule has 0 unspecified atom stereocenters. The standard InChI is InChI=1S/C23H18F4N2O2/c1-31-18-10-7-15(8-11-18)14-29-20-12-9-17(24)13-19(20)22(23(25,26)27,28-21(29)30)16-5-3-2-4-6-16/h2-13H,14H2,1H3,(H,28,30)/t22-/m1/s1. The minimum Gasteiger partial charge on any atom is -0.497 e. The van der Waals surface area contributed by atoms with Crippen LogP contribution in [0.15, 0.2) is 72.8 Å². The van der Waals surface area contributed by atoms with Crippen LogP contribution in [0.25, 0.3) is 0 Å². The highest BCUT2D eigenvalue weighted by molar-refractivity contribution is 5.97. The third-order valence-electron chi connectivity index (χ3n) is 5.32. The zero-order chi connectivity index (χ0) is 22.2. The number of halogens is 4. The average Bonchev–Trinajstić information content (AvgIpc) is 2.75. The highest BCUT2D eigenvalue weighted by Gasteiger charge is 2.62. The summed E-state index contributed by atoms with van der Waals surface area (Å²) in [6.07, 6.45) is -4.92. The molecule has 0 radical (unpaired) electrons. The van der Waals surface area contributed by atoms with Gasteiger partial charge in [0.1, 0.15) is 11.6 Å². The fourth-order valence-electron chi connectivity index (χ4n) is 3.82. The van der Waals surface area contributed by atoms with Crippen LogP contribution in [-0.4, -0.2) is 19.3 Å². The van der Waals surface area contributed by atoms with E-state index in [1.165, 1.54) is 42.3 Å². The molecule has 4 nitrogen and oxygen atoms in total. The fraction of sp³-hybridized carbons (Fsp3) is 0.174. The first kappa shape index (κ1) is 20.7. The maximum Gasteiger partial charge on any atom is 0.420 e. The van der Waals surface area contributed by atoms with Crippen molar-refractivity contribution in [2.45, 2.75) is 18.3 Å². The molecule has 3 aromatic carbocycles. The molecular weight excluding hydrogens is 412 g/mol. The summed E-state index contributed by atoms with van der Waals surface area (Å²) in [5.41, 5.74) is -2.79. The van der Waals surface area contributed by atoms with E-state index in [1.54, 1.807) is 30.3 Å². The van der Waals surface area contributed by atoms with Crippen molar-refractivity contribution in [2.75, 3.05) is 12.0 Å². The number of hydrogen-bond acceptors (Lipinski definition) is 2. The number of anilines is 1. The molecule has 1 aliphatic heterocycles. The van der Waals surface area contributed by atoms with Crippen LogP contribution in [0.2, 0.25) is 0 Å². The lowest BCUT2D eigenvalue weighted by molar-refractivity contribution is -0.184. The molecule has 1 atom stereocenters. The number of fused-ring (bicyclic) bond motifs is 1. The molecule has 1 aliphatic rings. The number of ether oxygens (including phenoxy) is 1. The zero-order valence-corrected chi connectivity index (χ0v) is 16.4. The van der Waals surface area contributed by atoms with Crippen LogP contribution in [-0.2, 0) is 12.1 Å². The SMILES string of the molecule is COc1ccc(CN2C(=O)N[C@@](c3ccccc3)(C(F)(F)F)c3cc(F)ccc32)cc1. The minimum absolute atomic E-state index is 0.00279. The Bertz CT molecular complexity index is 1100. The van der Waals surface area contributed by atoms with Gasteiger partial charge in [0.2, 0.25) is 0 Å². The van der Waals surface area contributed by atoms with Crippen LogP contribution < -0.4 is 15.0 Å². The molecule has 0 fully saturated rings. The van der Waals surface area contributed by atoms with Crippen molar-refractivity contribution in [3.63, 3.8) is 0 Å². The van der Waals surface area contributed by atoms with Crippen LogP contribution in [0.1, 0.15) is 16.7 Å². The summed E-state index contributed by atoms with van der Waals surface area (Å²) < 4.78 is 62.9. The topological polar surface area (TPSA) is 41.6 Å². The summed E-state index contributed by atoms with van der Waals surface area (Å²) in [6.45, 7) is -0.00279. The fourth-order valence-corrected chi connectivity index (χ4v) is 3.82. The predicted octanol–water partition coefficient (Wildman–Crippen LogP) is 5.37. The second-order valence-electron chi connectivity index (χ2n) is 7.14. The molecule has 3 aromatic rings. The second kappa shape index (κ2) is 7.61. The summed E-state index contributed by atoms with van der Waals surface area (Å²) >= 11 is 0. The van der Waals surface area contributed by atoms with Crippen molar-refractivity contribution in [1.29, 1.82) is 0 Å². The summed E-state index contributed by atoms with van der Waals surface area (Å²) in [4.78, 5) is 14.2. The Kier molecular flexibility index (Phi) is 5.08. The van der Waals surface area contributed by atoms with Gasteiger partial charge >= 0.3 is 12.2 Å². The van der Waals surface area contributed by atoms with E-state index in [9.17, 15) is 22.4 Å². The van der Waals surface area contributed by atoms with Crippen molar-refractivity contribution < 1.29 is 27.1 Å². The Labute approximate surface area is 176 Å². The maximum atomic E-state index is 14.5. The normalized spacial score (nSPS) is 18.4. The first-order valence-corrected chi connectivity index (χ1v) is 9.41. The molecule has 31 heavy (non-hydrogen) atoms. The minimum atomic E-state index is -4.92. The van der Waals surface area contributed by atoms with Crippen molar-refractivity contribution in [2.24, 2.45) is 0 Å². The van der Waals surface area contributed by atoms with Gasteiger partial charge in [-0.3, -0.25) is 4.90 Å². The first-order valence-electron chi connectivity index (χ1n) is 9.41. The Balaban J connectivity index is 1.88. The molecule has 160 valence electrons. The smallest absolute Gasteiger partial charge is 0.420 e. The Morgan fingerprint density at radius 1 is 1.00 bits per heavy atom. The van der Waals surface area contributed by atoms with Crippen molar-refractivity contribution in [3.05, 3.63) is 95.3 Å². The number of rotatable bonds is 4. The average molecular weight is 430 g/mol. The Morgan fingerprint density at radius 3 is 2.29 bits per heavy atom. The van der Waals surface area contributed by atoms with E-state index in [0.29, 0.717) is 11.3 Å². The summed E-state index contributed by atoms with van der Waals surface area (Å²) in [6, 6.07) is 15.9. The van der Waals surface area contributed by atoms with Gasteiger partial charge in [-0.05, 0) is 41.5 Å². The van der Waals surface area contributed by atoms with Crippen molar-refractivity contribution >= 4 is 11.7 Å². The third-order valence-corrected chi connectivity index (χ3v) is 5.32. The van der Waals surface area contributed by atoms with Gasteiger partial charge in [-0.2, -0.15) is 13.2 Å². The second-order valence-corrected chi connectivity index (χ2v) is 7.14. The lowest BCUT2D eigenvalue weighted by Crippen LogP contribution is -2.63. The van der Waals surface area contributed by atoms with Crippen LogP contribution in [0.5, 0.6) is 5.75 Å². The van der Waals surface area contributed by atoms with Gasteiger partial charge in [-0.1, -0.05) is 42.5 Å². The molecule has 0 spiro atoms. The number of nitrogens with one attached hydrogen (secondary N) is 1. The van der Waals surface area contributed by atoms with Gasteiger partial charge in [-0.25, -0.2) is 9.18 Å². The summed E-state index contributed by atoms with van der Waals surface area (Å²) in [5, 5.41) is 2.13. The van der Waals surface area contributed by atoms with Crippen LogP contribution in [0, 0.1) is 5.82 Å². The lowest BCUT2D eigenvalue weighted by Gasteiger charge is -2.45. The van der Waals surface area contributed by atoms with E-state index in [2.05, 4.69) is 5.32 Å². The molecule has 0 bridgehead atoms. The van der Waals surface area contributed by atoms with Crippen molar-refractivity contribution in [3.8, 4) is 5.75 Å². The quantitative estimate of drug-likeness (QED) is 0.566. The molecule has 4 rings (SSSR count). The monoisotopic (exact) mass is 430 g/mol. The molecule has 0 saturated carbocycles. The van der Waals surface area contributed by atoms with Crippen molar-refractivity contribution in [1.82, 2.24) is 5.32 Å². The van der Waals surface area contributed by atoms with Gasteiger partial charge in [0.05, 0.1) is 19.3 Å². The number of benzene rings is 3.